The largest absolute Gasteiger partial charge is 0.497 e. The van der Waals surface area contributed by atoms with E-state index in [1.807, 2.05) is 24.3 Å². The first-order valence-electron chi connectivity index (χ1n) is 5.80. The molecular weight excluding hydrogens is 278 g/mol. The summed E-state index contributed by atoms with van der Waals surface area (Å²) in [7, 11) is 1.62. The lowest BCUT2D eigenvalue weighted by molar-refractivity contribution is 0.414. The minimum Gasteiger partial charge on any atom is -0.497 e. The molecule has 2 heterocycles. The third kappa shape index (κ3) is 2.80. The third-order valence-corrected chi connectivity index (χ3v) is 3.37. The molecular formula is C12H11N5O2S. The van der Waals surface area contributed by atoms with Gasteiger partial charge in [0.05, 0.1) is 12.9 Å². The van der Waals surface area contributed by atoms with Crippen LogP contribution in [0.15, 0.2) is 40.2 Å². The second-order valence-electron chi connectivity index (χ2n) is 3.81. The van der Waals surface area contributed by atoms with Crippen molar-refractivity contribution in [2.45, 2.75) is 10.9 Å². The van der Waals surface area contributed by atoms with E-state index >= 15 is 0 Å². The molecule has 0 aliphatic heterocycles. The van der Waals surface area contributed by atoms with Crippen molar-refractivity contribution in [2.24, 2.45) is 0 Å². The van der Waals surface area contributed by atoms with E-state index in [0.29, 0.717) is 22.7 Å². The highest BCUT2D eigenvalue weighted by atomic mass is 32.2. The molecule has 1 N–H and O–H groups in total. The molecule has 0 saturated carbocycles. The Kier molecular flexibility index (Phi) is 3.64. The Hall–Kier alpha value is -2.35. The fourth-order valence-corrected chi connectivity index (χ4v) is 2.19. The predicted octanol–water partition coefficient (Wildman–Crippen LogP) is 2.16. The van der Waals surface area contributed by atoms with E-state index < -0.39 is 0 Å². The van der Waals surface area contributed by atoms with Crippen LogP contribution in [0.25, 0.3) is 11.5 Å². The van der Waals surface area contributed by atoms with Crippen molar-refractivity contribution >= 4 is 11.8 Å². The van der Waals surface area contributed by atoms with Gasteiger partial charge in [-0.15, -0.1) is 10.2 Å². The number of H-pyrrole nitrogens is 1. The lowest BCUT2D eigenvalue weighted by atomic mass is 10.2. The number of rotatable bonds is 5. The SMILES string of the molecule is COc1cccc(-c2nnc(CSc3ncn[nH]3)o2)c1. The standard InChI is InChI=1S/C12H11N5O2S/c1-18-9-4-2-3-8(5-9)11-16-15-10(19-11)6-20-12-13-7-14-17-12/h2-5,7H,6H2,1H3,(H,13,14,17). The van der Waals surface area contributed by atoms with Gasteiger partial charge in [0.1, 0.15) is 12.1 Å². The quantitative estimate of drug-likeness (QED) is 0.720. The van der Waals surface area contributed by atoms with Crippen LogP contribution in [0.2, 0.25) is 0 Å². The summed E-state index contributed by atoms with van der Waals surface area (Å²) in [5, 5.41) is 15.3. The van der Waals surface area contributed by atoms with Gasteiger partial charge in [-0.2, -0.15) is 5.10 Å². The van der Waals surface area contributed by atoms with Crippen LogP contribution in [0.3, 0.4) is 0 Å². The zero-order chi connectivity index (χ0) is 13.8. The maximum atomic E-state index is 5.61. The Morgan fingerprint density at radius 3 is 3.10 bits per heavy atom. The van der Waals surface area contributed by atoms with Gasteiger partial charge in [-0.05, 0) is 18.2 Å². The second kappa shape index (κ2) is 5.74. The average molecular weight is 289 g/mol. The first-order valence-corrected chi connectivity index (χ1v) is 6.78. The number of hydrogen-bond acceptors (Lipinski definition) is 7. The number of ether oxygens (including phenoxy) is 1. The molecule has 0 atom stereocenters. The topological polar surface area (TPSA) is 89.7 Å². The van der Waals surface area contributed by atoms with Crippen LogP contribution in [0.4, 0.5) is 0 Å². The summed E-state index contributed by atoms with van der Waals surface area (Å²) < 4.78 is 10.8. The Morgan fingerprint density at radius 2 is 2.30 bits per heavy atom. The zero-order valence-corrected chi connectivity index (χ0v) is 11.4. The van der Waals surface area contributed by atoms with Crippen LogP contribution in [0.1, 0.15) is 5.89 Å². The maximum absolute atomic E-state index is 5.61. The molecule has 0 aliphatic carbocycles. The second-order valence-corrected chi connectivity index (χ2v) is 4.78. The lowest BCUT2D eigenvalue weighted by Gasteiger charge is -2.00. The van der Waals surface area contributed by atoms with Gasteiger partial charge in [-0.3, -0.25) is 5.10 Å². The van der Waals surface area contributed by atoms with Gasteiger partial charge in [0, 0.05) is 5.56 Å². The number of aromatic nitrogens is 5. The summed E-state index contributed by atoms with van der Waals surface area (Å²) >= 11 is 1.45. The normalized spacial score (nSPS) is 10.7. The first kappa shape index (κ1) is 12.7. The van der Waals surface area contributed by atoms with Crippen LogP contribution < -0.4 is 4.74 Å². The third-order valence-electron chi connectivity index (χ3n) is 2.51. The van der Waals surface area contributed by atoms with Crippen molar-refractivity contribution in [2.75, 3.05) is 7.11 Å². The summed E-state index contributed by atoms with van der Waals surface area (Å²) in [5.74, 6) is 2.28. The van der Waals surface area contributed by atoms with E-state index in [0.717, 1.165) is 11.3 Å². The number of nitrogens with zero attached hydrogens (tertiary/aromatic N) is 4. The number of aromatic amines is 1. The first-order chi connectivity index (χ1) is 9.85. The molecule has 20 heavy (non-hydrogen) atoms. The molecule has 3 rings (SSSR count). The smallest absolute Gasteiger partial charge is 0.247 e. The Morgan fingerprint density at radius 1 is 1.35 bits per heavy atom. The summed E-state index contributed by atoms with van der Waals surface area (Å²) in [6.45, 7) is 0. The van der Waals surface area contributed by atoms with Crippen molar-refractivity contribution in [3.63, 3.8) is 0 Å². The molecule has 0 bridgehead atoms. The predicted molar refractivity (Wildman–Crippen MR) is 72.2 cm³/mol. The fourth-order valence-electron chi connectivity index (χ4n) is 1.58. The molecule has 1 aromatic carbocycles. The molecule has 0 spiro atoms. The molecule has 2 aromatic heterocycles. The Balaban J connectivity index is 1.72. The minimum absolute atomic E-state index is 0.470. The van der Waals surface area contributed by atoms with Crippen LogP contribution >= 0.6 is 11.8 Å². The van der Waals surface area contributed by atoms with Gasteiger partial charge >= 0.3 is 0 Å². The van der Waals surface area contributed by atoms with Crippen LogP contribution in [-0.2, 0) is 5.75 Å². The van der Waals surface area contributed by atoms with E-state index in [4.69, 9.17) is 9.15 Å². The van der Waals surface area contributed by atoms with Gasteiger partial charge in [0.25, 0.3) is 0 Å². The summed E-state index contributed by atoms with van der Waals surface area (Å²) in [6.07, 6.45) is 1.46. The highest BCUT2D eigenvalue weighted by Crippen LogP contribution is 2.24. The van der Waals surface area contributed by atoms with Crippen LogP contribution in [0, 0.1) is 0 Å². The molecule has 0 radical (unpaired) electrons. The maximum Gasteiger partial charge on any atom is 0.247 e. The number of methoxy groups -OCH3 is 1. The number of benzene rings is 1. The zero-order valence-electron chi connectivity index (χ0n) is 10.6. The molecule has 0 unspecified atom stereocenters. The summed E-state index contributed by atoms with van der Waals surface area (Å²) in [4.78, 5) is 4.01. The minimum atomic E-state index is 0.470. The van der Waals surface area contributed by atoms with E-state index in [-0.39, 0.29) is 0 Å². The van der Waals surface area contributed by atoms with Crippen LogP contribution in [0.5, 0.6) is 5.75 Å². The Bertz CT molecular complexity index is 683. The van der Waals surface area contributed by atoms with Gasteiger partial charge in [0.2, 0.25) is 11.8 Å². The number of hydrogen-bond donors (Lipinski definition) is 1. The van der Waals surface area contributed by atoms with Crippen molar-refractivity contribution in [3.05, 3.63) is 36.5 Å². The molecule has 0 amide bonds. The van der Waals surface area contributed by atoms with Crippen molar-refractivity contribution < 1.29 is 9.15 Å². The Labute approximate surface area is 118 Å². The number of thioether (sulfide) groups is 1. The summed E-state index contributed by atoms with van der Waals surface area (Å²) in [6, 6.07) is 7.48. The summed E-state index contributed by atoms with van der Waals surface area (Å²) in [5.41, 5.74) is 0.827. The van der Waals surface area contributed by atoms with Gasteiger partial charge in [-0.1, -0.05) is 17.8 Å². The highest BCUT2D eigenvalue weighted by Gasteiger charge is 2.10. The molecule has 0 fully saturated rings. The van der Waals surface area contributed by atoms with E-state index in [1.165, 1.54) is 18.1 Å². The monoisotopic (exact) mass is 289 g/mol. The highest BCUT2D eigenvalue weighted by molar-refractivity contribution is 7.98. The van der Waals surface area contributed by atoms with E-state index in [9.17, 15) is 0 Å². The van der Waals surface area contributed by atoms with Crippen molar-refractivity contribution in [3.8, 4) is 17.2 Å². The van der Waals surface area contributed by atoms with Crippen molar-refractivity contribution in [1.29, 1.82) is 0 Å². The average Bonchev–Trinajstić information content (AvgIpc) is 3.16. The number of nitrogens with one attached hydrogen (secondary N) is 1. The van der Waals surface area contributed by atoms with E-state index in [1.54, 1.807) is 7.11 Å². The van der Waals surface area contributed by atoms with E-state index in [2.05, 4.69) is 25.4 Å². The van der Waals surface area contributed by atoms with Gasteiger partial charge in [-0.25, -0.2) is 4.98 Å². The molecule has 8 heteroatoms. The van der Waals surface area contributed by atoms with Gasteiger partial charge < -0.3 is 9.15 Å². The molecule has 102 valence electrons. The molecule has 7 nitrogen and oxygen atoms in total. The molecule has 3 aromatic rings. The van der Waals surface area contributed by atoms with Gasteiger partial charge in [0.15, 0.2) is 5.16 Å². The molecule has 0 aliphatic rings. The molecule has 0 saturated heterocycles. The van der Waals surface area contributed by atoms with Crippen molar-refractivity contribution in [1.82, 2.24) is 25.4 Å². The van der Waals surface area contributed by atoms with Crippen LogP contribution in [-0.4, -0.2) is 32.5 Å². The lowest BCUT2D eigenvalue weighted by Crippen LogP contribution is -1.83. The fraction of sp³-hybridized carbons (Fsp3) is 0.167.